The average molecular weight is 370 g/mol. The second-order valence-electron chi connectivity index (χ2n) is 5.40. The lowest BCUT2D eigenvalue weighted by Crippen LogP contribution is -2.32. The predicted octanol–water partition coefficient (Wildman–Crippen LogP) is 1.72. The molecule has 1 atom stereocenters. The van der Waals surface area contributed by atoms with E-state index in [0.29, 0.717) is 0 Å². The number of amides is 1. The van der Waals surface area contributed by atoms with Crippen molar-refractivity contribution in [3.8, 4) is 11.5 Å². The minimum atomic E-state index is -1.46. The van der Waals surface area contributed by atoms with Crippen molar-refractivity contribution in [2.75, 3.05) is 0 Å². The fraction of sp³-hybridized carbons (Fsp3) is 0.333. The van der Waals surface area contributed by atoms with Crippen LogP contribution in [0.25, 0.3) is 6.08 Å². The number of nitrogens with one attached hydrogen (secondary N) is 1. The summed E-state index contributed by atoms with van der Waals surface area (Å²) < 4.78 is 0.188. The van der Waals surface area contributed by atoms with Gasteiger partial charge in [0.25, 0.3) is 0 Å². The molecule has 1 aliphatic rings. The van der Waals surface area contributed by atoms with Crippen molar-refractivity contribution in [2.24, 2.45) is 0 Å². The maximum Gasteiger partial charge on any atom is 0.247 e. The maximum atomic E-state index is 12.2. The molecule has 1 aromatic carbocycles. The lowest BCUT2D eigenvalue weighted by Gasteiger charge is -2.12. The normalized spacial score (nSPS) is 17.8. The number of halogens is 1. The number of Topliss-reactive ketones (excluding diaryl/α,β-unsaturated/α-hetero) is 1. The molecule has 0 saturated heterocycles. The van der Waals surface area contributed by atoms with Gasteiger partial charge in [-0.2, -0.15) is 0 Å². The van der Waals surface area contributed by atoms with E-state index in [1.54, 1.807) is 13.8 Å². The molecule has 22 heavy (non-hydrogen) atoms. The number of carbonyl (C=O) groups is 2. The molecule has 0 heterocycles. The van der Waals surface area contributed by atoms with Gasteiger partial charge in [0.1, 0.15) is 6.10 Å². The summed E-state index contributed by atoms with van der Waals surface area (Å²) in [4.78, 5) is 24.3. The number of hydrogen-bond acceptors (Lipinski definition) is 5. The van der Waals surface area contributed by atoms with Crippen LogP contribution in [0, 0.1) is 0 Å². The van der Waals surface area contributed by atoms with E-state index in [1.165, 1.54) is 12.1 Å². The van der Waals surface area contributed by atoms with E-state index >= 15 is 0 Å². The molecule has 0 aliphatic heterocycles. The van der Waals surface area contributed by atoms with E-state index in [-0.39, 0.29) is 33.6 Å². The first-order chi connectivity index (χ1) is 10.2. The number of ketones is 1. The van der Waals surface area contributed by atoms with Crippen LogP contribution >= 0.6 is 15.9 Å². The Kier molecular flexibility index (Phi) is 4.58. The summed E-state index contributed by atoms with van der Waals surface area (Å²) >= 11 is 3.07. The summed E-state index contributed by atoms with van der Waals surface area (Å²) in [7, 11) is 0. The summed E-state index contributed by atoms with van der Waals surface area (Å²) in [6, 6.07) is 1.33. The van der Waals surface area contributed by atoms with Gasteiger partial charge in [0.2, 0.25) is 5.91 Å². The van der Waals surface area contributed by atoms with Crippen LogP contribution in [0.4, 0.5) is 0 Å². The van der Waals surface area contributed by atoms with Crippen LogP contribution < -0.4 is 5.32 Å². The molecule has 7 heteroatoms. The molecule has 118 valence electrons. The van der Waals surface area contributed by atoms with Crippen LogP contribution in [-0.4, -0.2) is 39.2 Å². The van der Waals surface area contributed by atoms with Crippen molar-refractivity contribution in [3.05, 3.63) is 27.2 Å². The Morgan fingerprint density at radius 1 is 1.36 bits per heavy atom. The number of hydrogen-bond donors (Lipinski definition) is 4. The van der Waals surface area contributed by atoms with E-state index in [9.17, 15) is 24.9 Å². The molecule has 2 rings (SSSR count). The zero-order valence-corrected chi connectivity index (χ0v) is 13.6. The first-order valence-corrected chi connectivity index (χ1v) is 7.49. The largest absolute Gasteiger partial charge is 0.504 e. The highest BCUT2D eigenvalue weighted by molar-refractivity contribution is 9.10. The molecule has 4 N–H and O–H groups in total. The smallest absolute Gasteiger partial charge is 0.247 e. The van der Waals surface area contributed by atoms with Gasteiger partial charge in [0.05, 0.1) is 10.0 Å². The highest BCUT2D eigenvalue weighted by Gasteiger charge is 2.31. The van der Waals surface area contributed by atoms with Gasteiger partial charge in [-0.15, -0.1) is 0 Å². The SMILES string of the molecule is CC(C)NC(=O)C1=Cc2cc(Br)c(O)c(O)c2C(=O)C(O)C1. The van der Waals surface area contributed by atoms with Crippen molar-refractivity contribution in [1.82, 2.24) is 5.32 Å². The number of phenols is 2. The number of aliphatic hydroxyl groups is 1. The number of aromatic hydroxyl groups is 2. The van der Waals surface area contributed by atoms with Crippen molar-refractivity contribution in [3.63, 3.8) is 0 Å². The summed E-state index contributed by atoms with van der Waals surface area (Å²) in [6.45, 7) is 3.59. The fourth-order valence-electron chi connectivity index (χ4n) is 2.25. The van der Waals surface area contributed by atoms with Gasteiger partial charge in [-0.25, -0.2) is 0 Å². The summed E-state index contributed by atoms with van der Waals surface area (Å²) in [5.74, 6) is -2.23. The lowest BCUT2D eigenvalue weighted by atomic mass is 10.00. The van der Waals surface area contributed by atoms with Gasteiger partial charge in [0, 0.05) is 18.0 Å². The molecule has 0 fully saturated rings. The standard InChI is InChI=1S/C15H16BrNO5/c1-6(2)17-15(22)8-3-7-4-9(16)12(19)14(21)11(7)13(20)10(18)5-8/h3-4,6,10,18-19,21H,5H2,1-2H3,(H,17,22). The molecule has 1 amide bonds. The molecular weight excluding hydrogens is 354 g/mol. The topological polar surface area (TPSA) is 107 Å². The molecule has 1 aliphatic carbocycles. The zero-order valence-electron chi connectivity index (χ0n) is 12.1. The summed E-state index contributed by atoms with van der Waals surface area (Å²) in [5.41, 5.74) is 0.295. The van der Waals surface area contributed by atoms with Gasteiger partial charge in [-0.05, 0) is 47.5 Å². The Balaban J connectivity index is 2.59. The third kappa shape index (κ3) is 3.00. The predicted molar refractivity (Wildman–Crippen MR) is 83.7 cm³/mol. The molecule has 0 bridgehead atoms. The number of fused-ring (bicyclic) bond motifs is 1. The Morgan fingerprint density at radius 2 is 2.00 bits per heavy atom. The molecule has 0 spiro atoms. The Morgan fingerprint density at radius 3 is 2.59 bits per heavy atom. The van der Waals surface area contributed by atoms with Crippen LogP contribution in [0.1, 0.15) is 36.2 Å². The molecular formula is C15H16BrNO5. The second kappa shape index (κ2) is 6.10. The van der Waals surface area contributed by atoms with Crippen molar-refractivity contribution >= 4 is 33.7 Å². The van der Waals surface area contributed by atoms with Crippen molar-refractivity contribution in [1.29, 1.82) is 0 Å². The van der Waals surface area contributed by atoms with Gasteiger partial charge in [0.15, 0.2) is 17.3 Å². The molecule has 0 saturated carbocycles. The third-order valence-corrected chi connectivity index (χ3v) is 3.87. The van der Waals surface area contributed by atoms with Crippen molar-refractivity contribution in [2.45, 2.75) is 32.4 Å². The van der Waals surface area contributed by atoms with Crippen LogP contribution in [0.2, 0.25) is 0 Å². The monoisotopic (exact) mass is 369 g/mol. The molecule has 1 aromatic rings. The number of aliphatic hydroxyl groups excluding tert-OH is 1. The zero-order chi connectivity index (χ0) is 16.6. The molecule has 0 aromatic heterocycles. The van der Waals surface area contributed by atoms with Crippen LogP contribution in [-0.2, 0) is 4.79 Å². The Hall–Kier alpha value is -1.86. The Labute approximate surface area is 135 Å². The maximum absolute atomic E-state index is 12.2. The molecule has 1 unspecified atom stereocenters. The van der Waals surface area contributed by atoms with E-state index in [4.69, 9.17) is 0 Å². The van der Waals surface area contributed by atoms with E-state index in [2.05, 4.69) is 21.2 Å². The number of benzene rings is 1. The van der Waals surface area contributed by atoms with E-state index in [1.807, 2.05) is 0 Å². The molecule has 6 nitrogen and oxygen atoms in total. The summed E-state index contributed by atoms with van der Waals surface area (Å²) in [5, 5.41) is 32.3. The first kappa shape index (κ1) is 16.5. The van der Waals surface area contributed by atoms with Crippen molar-refractivity contribution < 1.29 is 24.9 Å². The van der Waals surface area contributed by atoms with Crippen LogP contribution in [0.3, 0.4) is 0 Å². The second-order valence-corrected chi connectivity index (χ2v) is 6.26. The number of carbonyl (C=O) groups excluding carboxylic acids is 2. The first-order valence-electron chi connectivity index (χ1n) is 6.70. The highest BCUT2D eigenvalue weighted by Crippen LogP contribution is 2.41. The van der Waals surface area contributed by atoms with E-state index in [0.717, 1.165) is 0 Å². The lowest BCUT2D eigenvalue weighted by molar-refractivity contribution is -0.118. The third-order valence-electron chi connectivity index (χ3n) is 3.26. The van der Waals surface area contributed by atoms with Gasteiger partial charge >= 0.3 is 0 Å². The van der Waals surface area contributed by atoms with Gasteiger partial charge < -0.3 is 20.6 Å². The average Bonchev–Trinajstić information content (AvgIpc) is 2.54. The summed E-state index contributed by atoms with van der Waals surface area (Å²) in [6.07, 6.45) is -0.188. The Bertz CT molecular complexity index is 681. The minimum absolute atomic E-state index is 0.0936. The minimum Gasteiger partial charge on any atom is -0.504 e. The highest BCUT2D eigenvalue weighted by atomic mass is 79.9. The fourth-order valence-corrected chi connectivity index (χ4v) is 2.68. The quantitative estimate of drug-likeness (QED) is 0.593. The number of rotatable bonds is 2. The molecule has 0 radical (unpaired) electrons. The van der Waals surface area contributed by atoms with Gasteiger partial charge in [-0.3, -0.25) is 9.59 Å². The van der Waals surface area contributed by atoms with E-state index < -0.39 is 29.3 Å². The van der Waals surface area contributed by atoms with Crippen LogP contribution in [0.5, 0.6) is 11.5 Å². The van der Waals surface area contributed by atoms with Crippen LogP contribution in [0.15, 0.2) is 16.1 Å². The van der Waals surface area contributed by atoms with Gasteiger partial charge in [-0.1, -0.05) is 0 Å². The number of phenolic OH excluding ortho intramolecular Hbond substituents is 2.